The molecule has 1 aliphatic rings. The van der Waals surface area contributed by atoms with Gasteiger partial charge in [0, 0.05) is 28.5 Å². The van der Waals surface area contributed by atoms with Crippen molar-refractivity contribution in [2.75, 3.05) is 0 Å². The van der Waals surface area contributed by atoms with E-state index in [-0.39, 0.29) is 5.82 Å². The molecule has 1 saturated carbocycles. The van der Waals surface area contributed by atoms with E-state index in [4.69, 9.17) is 4.98 Å². The molecule has 0 saturated heterocycles. The SMILES string of the molecule is C=C/C(=C\C(=C/C)c1ccc2[nH]nc(-c3cc4c(-c5ccccc5F)ccnc4[nH]3)c2n1)NC(=C)C1CC1. The van der Waals surface area contributed by atoms with E-state index in [0.29, 0.717) is 22.8 Å². The van der Waals surface area contributed by atoms with Crippen LogP contribution in [0.3, 0.4) is 0 Å². The molecule has 1 aromatic carbocycles. The summed E-state index contributed by atoms with van der Waals surface area (Å²) in [6.07, 6.45) is 9.88. The molecule has 1 aliphatic carbocycles. The molecular formula is C31H27FN6. The van der Waals surface area contributed by atoms with Gasteiger partial charge in [-0.3, -0.25) is 5.10 Å². The number of benzene rings is 1. The molecule has 38 heavy (non-hydrogen) atoms. The van der Waals surface area contributed by atoms with E-state index < -0.39 is 0 Å². The third kappa shape index (κ3) is 4.32. The Kier molecular flexibility index (Phi) is 5.96. The molecule has 0 bridgehead atoms. The Morgan fingerprint density at radius 2 is 1.97 bits per heavy atom. The summed E-state index contributed by atoms with van der Waals surface area (Å²) in [6, 6.07) is 14.5. The highest BCUT2D eigenvalue weighted by molar-refractivity contribution is 5.99. The number of hydrogen-bond acceptors (Lipinski definition) is 4. The van der Waals surface area contributed by atoms with Crippen molar-refractivity contribution in [2.45, 2.75) is 19.8 Å². The number of pyridine rings is 2. The molecule has 1 fully saturated rings. The molecule has 0 atom stereocenters. The zero-order valence-electron chi connectivity index (χ0n) is 21.1. The minimum absolute atomic E-state index is 0.277. The van der Waals surface area contributed by atoms with Gasteiger partial charge in [0.15, 0.2) is 0 Å². The lowest BCUT2D eigenvalue weighted by Crippen LogP contribution is -2.11. The first-order valence-corrected chi connectivity index (χ1v) is 12.6. The fourth-order valence-corrected chi connectivity index (χ4v) is 4.65. The van der Waals surface area contributed by atoms with E-state index in [1.807, 2.05) is 49.4 Å². The third-order valence-corrected chi connectivity index (χ3v) is 6.87. The number of nitrogens with one attached hydrogen (secondary N) is 3. The van der Waals surface area contributed by atoms with Crippen LogP contribution in [-0.4, -0.2) is 25.1 Å². The number of halogens is 1. The average molecular weight is 503 g/mol. The first kappa shape index (κ1) is 23.6. The highest BCUT2D eigenvalue weighted by Crippen LogP contribution is 2.35. The molecule has 6 rings (SSSR count). The number of hydrogen-bond donors (Lipinski definition) is 3. The van der Waals surface area contributed by atoms with Crippen LogP contribution in [-0.2, 0) is 0 Å². The summed E-state index contributed by atoms with van der Waals surface area (Å²) in [5.41, 5.74) is 8.57. The topological polar surface area (TPSA) is 82.3 Å². The summed E-state index contributed by atoms with van der Waals surface area (Å²) in [6.45, 7) is 10.1. The van der Waals surface area contributed by atoms with Crippen LogP contribution in [0.15, 0.2) is 97.5 Å². The van der Waals surface area contributed by atoms with Crippen molar-refractivity contribution < 1.29 is 4.39 Å². The van der Waals surface area contributed by atoms with Crippen molar-refractivity contribution in [1.29, 1.82) is 0 Å². The zero-order valence-corrected chi connectivity index (χ0v) is 21.1. The first-order chi connectivity index (χ1) is 18.6. The van der Waals surface area contributed by atoms with Crippen LogP contribution in [0.4, 0.5) is 4.39 Å². The number of H-pyrrole nitrogens is 2. The molecule has 4 aromatic heterocycles. The molecule has 0 unspecified atom stereocenters. The van der Waals surface area contributed by atoms with Gasteiger partial charge in [-0.15, -0.1) is 0 Å². The van der Waals surface area contributed by atoms with Crippen LogP contribution < -0.4 is 5.32 Å². The van der Waals surface area contributed by atoms with Crippen LogP contribution in [0.1, 0.15) is 25.5 Å². The Morgan fingerprint density at radius 3 is 2.74 bits per heavy atom. The van der Waals surface area contributed by atoms with Crippen molar-refractivity contribution in [3.63, 3.8) is 0 Å². The summed E-state index contributed by atoms with van der Waals surface area (Å²) in [4.78, 5) is 12.8. The van der Waals surface area contributed by atoms with Gasteiger partial charge >= 0.3 is 0 Å². The largest absolute Gasteiger partial charge is 0.359 e. The second kappa shape index (κ2) is 9.59. The van der Waals surface area contributed by atoms with E-state index in [1.54, 1.807) is 24.4 Å². The van der Waals surface area contributed by atoms with Crippen LogP contribution in [0.25, 0.3) is 50.2 Å². The van der Waals surface area contributed by atoms with Gasteiger partial charge in [0.2, 0.25) is 0 Å². The van der Waals surface area contributed by atoms with Crippen molar-refractivity contribution in [2.24, 2.45) is 5.92 Å². The van der Waals surface area contributed by atoms with Crippen molar-refractivity contribution in [1.82, 2.24) is 30.5 Å². The maximum Gasteiger partial charge on any atom is 0.138 e. The number of rotatable bonds is 8. The lowest BCUT2D eigenvalue weighted by molar-refractivity contribution is 0.631. The molecule has 4 heterocycles. The average Bonchev–Trinajstić information content (AvgIpc) is 3.57. The molecule has 188 valence electrons. The summed E-state index contributed by atoms with van der Waals surface area (Å²) >= 11 is 0. The highest BCUT2D eigenvalue weighted by Gasteiger charge is 2.24. The minimum Gasteiger partial charge on any atom is -0.359 e. The summed E-state index contributed by atoms with van der Waals surface area (Å²) in [7, 11) is 0. The van der Waals surface area contributed by atoms with Gasteiger partial charge < -0.3 is 10.3 Å². The number of aromatic amines is 2. The molecule has 0 aliphatic heterocycles. The molecule has 3 N–H and O–H groups in total. The van der Waals surface area contributed by atoms with Gasteiger partial charge in [0.1, 0.15) is 22.7 Å². The molecule has 0 amide bonds. The number of fused-ring (bicyclic) bond motifs is 2. The molecule has 5 aromatic rings. The maximum absolute atomic E-state index is 14.6. The van der Waals surface area contributed by atoms with E-state index in [2.05, 4.69) is 38.6 Å². The van der Waals surface area contributed by atoms with Gasteiger partial charge in [-0.2, -0.15) is 5.10 Å². The Labute approximate surface area is 219 Å². The lowest BCUT2D eigenvalue weighted by Gasteiger charge is -2.11. The number of allylic oxidation sites excluding steroid dienone is 5. The van der Waals surface area contributed by atoms with Crippen LogP contribution >= 0.6 is 0 Å². The van der Waals surface area contributed by atoms with Gasteiger partial charge in [-0.25, -0.2) is 14.4 Å². The minimum atomic E-state index is -0.277. The van der Waals surface area contributed by atoms with Gasteiger partial charge in [0.05, 0.1) is 16.9 Å². The molecule has 0 spiro atoms. The number of aromatic nitrogens is 5. The fourth-order valence-electron chi connectivity index (χ4n) is 4.65. The van der Waals surface area contributed by atoms with E-state index in [1.165, 1.54) is 18.9 Å². The van der Waals surface area contributed by atoms with E-state index in [0.717, 1.165) is 50.3 Å². The predicted molar refractivity (Wildman–Crippen MR) is 151 cm³/mol. The maximum atomic E-state index is 14.6. The van der Waals surface area contributed by atoms with Crippen LogP contribution in [0.5, 0.6) is 0 Å². The Morgan fingerprint density at radius 1 is 1.13 bits per heavy atom. The quantitative estimate of drug-likeness (QED) is 0.195. The normalized spacial score (nSPS) is 14.3. The van der Waals surface area contributed by atoms with Gasteiger partial charge in [-0.05, 0) is 79.3 Å². The molecular weight excluding hydrogens is 475 g/mol. The summed E-state index contributed by atoms with van der Waals surface area (Å²) in [5, 5.41) is 11.8. The fraction of sp³-hybridized carbons (Fsp3) is 0.129. The highest BCUT2D eigenvalue weighted by atomic mass is 19.1. The molecule has 6 nitrogen and oxygen atoms in total. The van der Waals surface area contributed by atoms with Crippen molar-refractivity contribution >= 4 is 27.6 Å². The van der Waals surface area contributed by atoms with Gasteiger partial charge in [0.25, 0.3) is 0 Å². The van der Waals surface area contributed by atoms with Crippen LogP contribution in [0, 0.1) is 11.7 Å². The van der Waals surface area contributed by atoms with Gasteiger partial charge in [-0.1, -0.05) is 37.4 Å². The summed E-state index contributed by atoms with van der Waals surface area (Å²) in [5.74, 6) is 0.264. The van der Waals surface area contributed by atoms with Crippen LogP contribution in [0.2, 0.25) is 0 Å². The van der Waals surface area contributed by atoms with E-state index in [9.17, 15) is 4.39 Å². The first-order valence-electron chi connectivity index (χ1n) is 12.6. The zero-order chi connectivity index (χ0) is 26.2. The predicted octanol–water partition coefficient (Wildman–Crippen LogP) is 7.29. The second-order valence-electron chi connectivity index (χ2n) is 9.42. The number of nitrogens with zero attached hydrogens (tertiary/aromatic N) is 3. The van der Waals surface area contributed by atoms with Crippen molar-refractivity contribution in [3.8, 4) is 22.5 Å². The summed E-state index contributed by atoms with van der Waals surface area (Å²) < 4.78 is 14.6. The molecule has 7 heteroatoms. The molecule has 0 radical (unpaired) electrons. The Bertz CT molecular complexity index is 1770. The monoisotopic (exact) mass is 502 g/mol. The van der Waals surface area contributed by atoms with E-state index >= 15 is 0 Å². The third-order valence-electron chi connectivity index (χ3n) is 6.87. The lowest BCUT2D eigenvalue weighted by atomic mass is 10.0. The smallest absolute Gasteiger partial charge is 0.138 e. The van der Waals surface area contributed by atoms with Crippen molar-refractivity contribution in [3.05, 3.63) is 109 Å². The Hall–Kier alpha value is -4.78. The standard InChI is InChI=1S/C31H27FN6/c1-4-19(16-21(5-2)34-18(3)20-10-11-20)26-12-13-27-29(35-26)30(38-37-27)28-17-24-22(14-15-33-31(24)36-28)23-8-6-7-9-25(23)32/h4-9,12-17,20,34H,2-3,10-11H2,1H3,(H,33,36)(H,37,38)/b19-4+,21-16+. The second-order valence-corrected chi connectivity index (χ2v) is 9.42. The Balaban J connectivity index is 1.40.